The molecule has 29 heavy (non-hydrogen) atoms. The van der Waals surface area contributed by atoms with Crippen molar-refractivity contribution in [3.8, 4) is 5.75 Å². The summed E-state index contributed by atoms with van der Waals surface area (Å²) in [6.07, 6.45) is 4.66. The van der Waals surface area contributed by atoms with Crippen LogP contribution in [0.2, 0.25) is 0 Å². The Morgan fingerprint density at radius 3 is 2.55 bits per heavy atom. The predicted molar refractivity (Wildman–Crippen MR) is 110 cm³/mol. The summed E-state index contributed by atoms with van der Waals surface area (Å²) in [5.41, 5.74) is 1.56. The van der Waals surface area contributed by atoms with Crippen LogP contribution in [0.1, 0.15) is 24.0 Å². The number of benzene rings is 2. The van der Waals surface area contributed by atoms with E-state index in [-0.39, 0.29) is 17.0 Å². The number of hydrogen-bond donors (Lipinski definition) is 1. The van der Waals surface area contributed by atoms with Crippen LogP contribution in [0.25, 0.3) is 6.08 Å². The van der Waals surface area contributed by atoms with E-state index in [9.17, 15) is 14.9 Å². The van der Waals surface area contributed by atoms with Crippen molar-refractivity contribution < 1.29 is 19.2 Å². The molecular formula is C22H24N2O5. The molecule has 1 N–H and O–H groups in total. The Kier molecular flexibility index (Phi) is 6.61. The first kappa shape index (κ1) is 20.5. The number of nitro benzene ring substituents is 1. The molecule has 1 fully saturated rings. The smallest absolute Gasteiger partial charge is 0.269 e. The van der Waals surface area contributed by atoms with Crippen LogP contribution >= 0.6 is 0 Å². The fourth-order valence-corrected chi connectivity index (χ4v) is 3.58. The molecule has 0 spiro atoms. The first-order valence-electron chi connectivity index (χ1n) is 9.46. The van der Waals surface area contributed by atoms with Crippen LogP contribution in [0.5, 0.6) is 5.75 Å². The lowest BCUT2D eigenvalue weighted by Crippen LogP contribution is -2.44. The van der Waals surface area contributed by atoms with E-state index in [1.165, 1.54) is 18.2 Å². The van der Waals surface area contributed by atoms with E-state index < -0.39 is 4.92 Å². The molecule has 2 aromatic rings. The molecule has 1 amide bonds. The summed E-state index contributed by atoms with van der Waals surface area (Å²) in [5, 5.41) is 13.7. The number of amides is 1. The summed E-state index contributed by atoms with van der Waals surface area (Å²) < 4.78 is 11.1. The van der Waals surface area contributed by atoms with Gasteiger partial charge in [-0.05, 0) is 42.7 Å². The van der Waals surface area contributed by atoms with E-state index in [0.717, 1.165) is 29.7 Å². The number of ether oxygens (including phenoxy) is 2. The second-order valence-electron chi connectivity index (χ2n) is 6.99. The van der Waals surface area contributed by atoms with Gasteiger partial charge in [-0.1, -0.05) is 18.2 Å². The van der Waals surface area contributed by atoms with E-state index >= 15 is 0 Å². The van der Waals surface area contributed by atoms with Crippen molar-refractivity contribution in [1.82, 2.24) is 5.32 Å². The lowest BCUT2D eigenvalue weighted by molar-refractivity contribution is -0.384. The summed E-state index contributed by atoms with van der Waals surface area (Å²) in [5.74, 6) is 0.592. The zero-order chi connectivity index (χ0) is 20.7. The molecule has 1 saturated heterocycles. The number of carbonyl (C=O) groups is 1. The first-order valence-corrected chi connectivity index (χ1v) is 9.46. The molecule has 1 aliphatic rings. The Morgan fingerprint density at radius 1 is 1.21 bits per heavy atom. The highest BCUT2D eigenvalue weighted by Crippen LogP contribution is 2.39. The molecule has 2 aromatic carbocycles. The van der Waals surface area contributed by atoms with Gasteiger partial charge < -0.3 is 14.8 Å². The van der Waals surface area contributed by atoms with Gasteiger partial charge in [0.25, 0.3) is 5.69 Å². The van der Waals surface area contributed by atoms with Crippen LogP contribution in [0, 0.1) is 10.1 Å². The van der Waals surface area contributed by atoms with Crippen LogP contribution in [0.4, 0.5) is 5.69 Å². The molecular weight excluding hydrogens is 372 g/mol. The van der Waals surface area contributed by atoms with Gasteiger partial charge in [0.05, 0.1) is 12.0 Å². The van der Waals surface area contributed by atoms with Gasteiger partial charge in [-0.3, -0.25) is 14.9 Å². The number of nitrogens with zero attached hydrogens (tertiary/aromatic N) is 1. The van der Waals surface area contributed by atoms with Crippen LogP contribution < -0.4 is 10.1 Å². The number of methoxy groups -OCH3 is 1. The highest BCUT2D eigenvalue weighted by molar-refractivity contribution is 5.91. The van der Waals surface area contributed by atoms with Gasteiger partial charge in [-0.25, -0.2) is 0 Å². The van der Waals surface area contributed by atoms with E-state index in [2.05, 4.69) is 5.32 Å². The van der Waals surface area contributed by atoms with Crippen molar-refractivity contribution in [1.29, 1.82) is 0 Å². The Labute approximate surface area is 169 Å². The third-order valence-electron chi connectivity index (χ3n) is 5.26. The number of nitrogens with one attached hydrogen (secondary N) is 1. The fraction of sp³-hybridized carbons (Fsp3) is 0.318. The zero-order valence-corrected chi connectivity index (χ0v) is 16.3. The highest BCUT2D eigenvalue weighted by atomic mass is 16.6. The van der Waals surface area contributed by atoms with Gasteiger partial charge >= 0.3 is 0 Å². The molecule has 0 bridgehead atoms. The van der Waals surface area contributed by atoms with Crippen LogP contribution in [-0.4, -0.2) is 37.7 Å². The van der Waals surface area contributed by atoms with Crippen molar-refractivity contribution in [3.63, 3.8) is 0 Å². The van der Waals surface area contributed by atoms with Gasteiger partial charge in [0.2, 0.25) is 5.91 Å². The number of non-ortho nitro benzene ring substituents is 1. The number of para-hydroxylation sites is 1. The van der Waals surface area contributed by atoms with Crippen molar-refractivity contribution >= 4 is 17.7 Å². The first-order chi connectivity index (χ1) is 14.0. The Morgan fingerprint density at radius 2 is 1.90 bits per heavy atom. The second kappa shape index (κ2) is 9.34. The maximum absolute atomic E-state index is 12.4. The van der Waals surface area contributed by atoms with Gasteiger partial charge in [0.1, 0.15) is 5.75 Å². The van der Waals surface area contributed by atoms with Gasteiger partial charge in [-0.15, -0.1) is 0 Å². The summed E-state index contributed by atoms with van der Waals surface area (Å²) >= 11 is 0. The Hall–Kier alpha value is -3.19. The monoisotopic (exact) mass is 396 g/mol. The van der Waals surface area contributed by atoms with Crippen LogP contribution in [0.15, 0.2) is 54.6 Å². The maximum atomic E-state index is 12.4. The Balaban J connectivity index is 1.69. The van der Waals surface area contributed by atoms with Gasteiger partial charge in [0.15, 0.2) is 0 Å². The van der Waals surface area contributed by atoms with E-state index in [1.807, 2.05) is 24.3 Å². The number of hydrogen-bond acceptors (Lipinski definition) is 5. The molecule has 7 heteroatoms. The summed E-state index contributed by atoms with van der Waals surface area (Å²) in [4.78, 5) is 22.7. The lowest BCUT2D eigenvalue weighted by atomic mass is 9.73. The predicted octanol–water partition coefficient (Wildman–Crippen LogP) is 3.48. The normalized spacial score (nSPS) is 15.8. The Bertz CT molecular complexity index is 886. The molecule has 152 valence electrons. The molecule has 0 aliphatic carbocycles. The average Bonchev–Trinajstić information content (AvgIpc) is 2.77. The van der Waals surface area contributed by atoms with Crippen molar-refractivity contribution in [2.75, 3.05) is 26.9 Å². The third-order valence-corrected chi connectivity index (χ3v) is 5.26. The van der Waals surface area contributed by atoms with Gasteiger partial charge in [0, 0.05) is 48.9 Å². The summed E-state index contributed by atoms with van der Waals surface area (Å²) in [6.45, 7) is 1.74. The van der Waals surface area contributed by atoms with Crippen molar-refractivity contribution in [3.05, 3.63) is 75.8 Å². The second-order valence-corrected chi connectivity index (χ2v) is 6.99. The summed E-state index contributed by atoms with van der Waals surface area (Å²) in [7, 11) is 1.65. The molecule has 0 saturated carbocycles. The lowest BCUT2D eigenvalue weighted by Gasteiger charge is -2.38. The maximum Gasteiger partial charge on any atom is 0.269 e. The fourth-order valence-electron chi connectivity index (χ4n) is 3.58. The minimum Gasteiger partial charge on any atom is -0.496 e. The molecule has 0 atom stereocenters. The van der Waals surface area contributed by atoms with Gasteiger partial charge in [-0.2, -0.15) is 0 Å². The van der Waals surface area contributed by atoms with Crippen molar-refractivity contribution in [2.45, 2.75) is 18.3 Å². The molecule has 1 heterocycles. The molecule has 1 aliphatic heterocycles. The SMILES string of the molecule is COc1ccccc1C1(CNC(=O)/C=C/c2ccc([N+](=O)[O-])cc2)CCOCC1. The topological polar surface area (TPSA) is 90.7 Å². The minimum absolute atomic E-state index is 0.0184. The molecule has 7 nitrogen and oxygen atoms in total. The quantitative estimate of drug-likeness (QED) is 0.440. The molecule has 0 unspecified atom stereocenters. The van der Waals surface area contributed by atoms with Crippen LogP contribution in [0.3, 0.4) is 0 Å². The standard InChI is InChI=1S/C22H24N2O5/c1-28-20-5-3-2-4-19(20)22(12-14-29-15-13-22)16-23-21(25)11-8-17-6-9-18(10-7-17)24(26)27/h2-11H,12-16H2,1H3,(H,23,25)/b11-8+. The molecule has 0 radical (unpaired) electrons. The molecule has 3 rings (SSSR count). The highest BCUT2D eigenvalue weighted by Gasteiger charge is 2.36. The number of nitro groups is 1. The van der Waals surface area contributed by atoms with E-state index in [0.29, 0.717) is 19.8 Å². The molecule has 0 aromatic heterocycles. The largest absolute Gasteiger partial charge is 0.496 e. The van der Waals surface area contributed by atoms with Crippen LogP contribution in [-0.2, 0) is 14.9 Å². The third kappa shape index (κ3) is 5.00. The average molecular weight is 396 g/mol. The number of rotatable bonds is 7. The minimum atomic E-state index is -0.453. The van der Waals surface area contributed by atoms with Crippen molar-refractivity contribution in [2.24, 2.45) is 0 Å². The van der Waals surface area contributed by atoms with E-state index in [1.54, 1.807) is 25.3 Å². The zero-order valence-electron chi connectivity index (χ0n) is 16.3. The van der Waals surface area contributed by atoms with E-state index in [4.69, 9.17) is 9.47 Å². The summed E-state index contributed by atoms with van der Waals surface area (Å²) in [6, 6.07) is 13.9. The number of carbonyl (C=O) groups excluding carboxylic acids is 1.